The van der Waals surface area contributed by atoms with Crippen molar-refractivity contribution in [2.24, 2.45) is 4.99 Å². The Kier molecular flexibility index (Phi) is 8.14. The second-order valence-corrected chi connectivity index (χ2v) is 8.09. The number of nitrogens with zero attached hydrogens (tertiary/aromatic N) is 2. The molecule has 1 fully saturated rings. The monoisotopic (exact) mass is 449 g/mol. The fourth-order valence-electron chi connectivity index (χ4n) is 4.52. The summed E-state index contributed by atoms with van der Waals surface area (Å²) in [6, 6.07) is 15.4. The van der Waals surface area contributed by atoms with Gasteiger partial charge in [-0.2, -0.15) is 5.26 Å². The molecule has 8 heteroatoms. The summed E-state index contributed by atoms with van der Waals surface area (Å²) in [6.07, 6.45) is 5.29. The lowest BCUT2D eigenvalue weighted by molar-refractivity contribution is 0.0931. The van der Waals surface area contributed by atoms with Crippen LogP contribution in [0.25, 0.3) is 0 Å². The van der Waals surface area contributed by atoms with Gasteiger partial charge in [0, 0.05) is 30.6 Å². The minimum absolute atomic E-state index is 0.166. The number of nitriles is 1. The van der Waals surface area contributed by atoms with Crippen LogP contribution in [0.5, 0.6) is 11.5 Å². The van der Waals surface area contributed by atoms with Crippen molar-refractivity contribution in [2.45, 2.75) is 37.1 Å². The molecule has 0 bridgehead atoms. The van der Waals surface area contributed by atoms with Crippen LogP contribution >= 0.6 is 0 Å². The van der Waals surface area contributed by atoms with E-state index in [0.717, 1.165) is 37.0 Å². The minimum atomic E-state index is -0.283. The molecule has 8 nitrogen and oxygen atoms in total. The van der Waals surface area contributed by atoms with E-state index in [0.29, 0.717) is 23.8 Å². The van der Waals surface area contributed by atoms with Crippen LogP contribution < -0.4 is 25.4 Å². The third kappa shape index (κ3) is 5.55. The van der Waals surface area contributed by atoms with E-state index < -0.39 is 0 Å². The van der Waals surface area contributed by atoms with E-state index in [1.165, 1.54) is 0 Å². The van der Waals surface area contributed by atoms with E-state index in [2.05, 4.69) is 27.0 Å². The molecule has 0 radical (unpaired) electrons. The molecule has 33 heavy (non-hydrogen) atoms. The Hall–Kier alpha value is -3.73. The molecule has 174 valence electrons. The van der Waals surface area contributed by atoms with Gasteiger partial charge in [-0.25, -0.2) is 0 Å². The van der Waals surface area contributed by atoms with E-state index in [1.54, 1.807) is 33.4 Å². The lowest BCUT2D eigenvalue weighted by Crippen LogP contribution is -2.49. The van der Waals surface area contributed by atoms with Gasteiger partial charge in [-0.15, -0.1) is 0 Å². The predicted molar refractivity (Wildman–Crippen MR) is 127 cm³/mol. The first-order chi connectivity index (χ1) is 16.1. The quantitative estimate of drug-likeness (QED) is 0.260. The number of guanidine groups is 1. The van der Waals surface area contributed by atoms with Crippen molar-refractivity contribution in [1.29, 1.82) is 5.26 Å². The fraction of sp³-hybridized carbons (Fsp3) is 0.400. The minimum Gasteiger partial charge on any atom is -0.496 e. The highest BCUT2D eigenvalue weighted by atomic mass is 16.5. The number of hydrogen-bond donors (Lipinski definition) is 3. The molecule has 0 saturated heterocycles. The Morgan fingerprint density at radius 2 is 1.73 bits per heavy atom. The summed E-state index contributed by atoms with van der Waals surface area (Å²) in [5, 5.41) is 17.9. The molecule has 1 aliphatic carbocycles. The van der Waals surface area contributed by atoms with E-state index in [9.17, 15) is 4.79 Å². The number of carbonyl (C=O) groups is 1. The Balaban J connectivity index is 1.81. The molecule has 3 rings (SSSR count). The zero-order valence-electron chi connectivity index (χ0n) is 19.4. The number of para-hydroxylation sites is 2. The van der Waals surface area contributed by atoms with Crippen LogP contribution in [0.15, 0.2) is 53.5 Å². The topological polar surface area (TPSA) is 108 Å². The summed E-state index contributed by atoms with van der Waals surface area (Å²) in [6.45, 7) is 0.474. The Morgan fingerprint density at radius 3 is 2.36 bits per heavy atom. The number of nitrogens with one attached hydrogen (secondary N) is 3. The molecule has 1 aliphatic rings. The first-order valence-corrected chi connectivity index (χ1v) is 11.0. The number of hydrogen-bond acceptors (Lipinski definition) is 5. The number of aliphatic imine (C=N–C) groups is 1. The lowest BCUT2D eigenvalue weighted by atomic mass is 9.67. The van der Waals surface area contributed by atoms with Crippen molar-refractivity contribution in [1.82, 2.24) is 16.0 Å². The summed E-state index contributed by atoms with van der Waals surface area (Å²) in [5.41, 5.74) is 1.32. The zero-order valence-corrected chi connectivity index (χ0v) is 19.4. The first kappa shape index (κ1) is 23.9. The maximum absolute atomic E-state index is 13.0. The number of methoxy groups -OCH3 is 2. The van der Waals surface area contributed by atoms with Gasteiger partial charge in [-0.3, -0.25) is 15.1 Å². The number of benzene rings is 2. The molecule has 0 atom stereocenters. The Labute approximate surface area is 195 Å². The molecule has 1 saturated carbocycles. The van der Waals surface area contributed by atoms with Crippen LogP contribution in [0.3, 0.4) is 0 Å². The normalized spacial score (nSPS) is 20.3. The lowest BCUT2D eigenvalue weighted by Gasteiger charge is -2.41. The van der Waals surface area contributed by atoms with Gasteiger partial charge in [-0.1, -0.05) is 30.3 Å². The number of ether oxygens (including phenoxy) is 2. The van der Waals surface area contributed by atoms with Crippen LogP contribution in [-0.4, -0.2) is 45.7 Å². The molecule has 0 aliphatic heterocycles. The number of amides is 1. The number of carbonyl (C=O) groups excluding carboxylic acids is 1. The van der Waals surface area contributed by atoms with Gasteiger partial charge in [0.05, 0.1) is 19.8 Å². The highest BCUT2D eigenvalue weighted by molar-refractivity contribution is 5.97. The van der Waals surface area contributed by atoms with Gasteiger partial charge in [0.25, 0.3) is 5.91 Å². The van der Waals surface area contributed by atoms with E-state index >= 15 is 0 Å². The van der Waals surface area contributed by atoms with Crippen molar-refractivity contribution in [3.63, 3.8) is 0 Å². The molecule has 0 spiro atoms. The van der Waals surface area contributed by atoms with Gasteiger partial charge in [0.2, 0.25) is 5.96 Å². The zero-order chi connectivity index (χ0) is 23.7. The van der Waals surface area contributed by atoms with Gasteiger partial charge in [0.15, 0.2) is 6.19 Å². The number of rotatable bonds is 7. The predicted octanol–water partition coefficient (Wildman–Crippen LogP) is 2.96. The second kappa shape index (κ2) is 11.2. The largest absolute Gasteiger partial charge is 0.496 e. The van der Waals surface area contributed by atoms with E-state index in [1.807, 2.05) is 36.5 Å². The molecular weight excluding hydrogens is 418 g/mol. The van der Waals surface area contributed by atoms with Crippen molar-refractivity contribution >= 4 is 11.9 Å². The van der Waals surface area contributed by atoms with E-state index in [-0.39, 0.29) is 17.4 Å². The Morgan fingerprint density at radius 1 is 1.09 bits per heavy atom. The van der Waals surface area contributed by atoms with Crippen molar-refractivity contribution in [2.75, 3.05) is 27.8 Å². The molecule has 0 heterocycles. The van der Waals surface area contributed by atoms with Crippen molar-refractivity contribution in [3.8, 4) is 17.7 Å². The van der Waals surface area contributed by atoms with Gasteiger partial charge in [-0.05, 0) is 43.9 Å². The third-order valence-corrected chi connectivity index (χ3v) is 6.30. The third-order valence-electron chi connectivity index (χ3n) is 6.30. The highest BCUT2D eigenvalue weighted by Crippen LogP contribution is 2.43. The van der Waals surface area contributed by atoms with Gasteiger partial charge in [0.1, 0.15) is 11.5 Å². The van der Waals surface area contributed by atoms with Crippen LogP contribution in [0, 0.1) is 11.5 Å². The first-order valence-electron chi connectivity index (χ1n) is 11.0. The van der Waals surface area contributed by atoms with Gasteiger partial charge >= 0.3 is 0 Å². The highest BCUT2D eigenvalue weighted by Gasteiger charge is 2.39. The molecule has 0 aromatic heterocycles. The second-order valence-electron chi connectivity index (χ2n) is 8.09. The maximum atomic E-state index is 13.0. The SMILES string of the molecule is CN=C(NC#N)NC1CCC(CNC(=O)c2ccccc2OC)(c2ccccc2OC)CC1. The van der Waals surface area contributed by atoms with Crippen molar-refractivity contribution in [3.05, 3.63) is 59.7 Å². The molecule has 2 aromatic rings. The van der Waals surface area contributed by atoms with Crippen LogP contribution in [-0.2, 0) is 5.41 Å². The smallest absolute Gasteiger partial charge is 0.255 e. The summed E-state index contributed by atoms with van der Waals surface area (Å²) < 4.78 is 11.0. The molecule has 1 amide bonds. The molecular formula is C25H31N5O3. The fourth-order valence-corrected chi connectivity index (χ4v) is 4.52. The molecule has 0 unspecified atom stereocenters. The molecule has 2 aromatic carbocycles. The average molecular weight is 450 g/mol. The Bertz CT molecular complexity index is 1020. The maximum Gasteiger partial charge on any atom is 0.255 e. The van der Waals surface area contributed by atoms with Crippen LogP contribution in [0.4, 0.5) is 0 Å². The summed E-state index contributed by atoms with van der Waals surface area (Å²) in [7, 11) is 4.87. The summed E-state index contributed by atoms with van der Waals surface area (Å²) in [5.74, 6) is 1.67. The average Bonchev–Trinajstić information content (AvgIpc) is 2.87. The summed E-state index contributed by atoms with van der Waals surface area (Å²) in [4.78, 5) is 17.1. The summed E-state index contributed by atoms with van der Waals surface area (Å²) >= 11 is 0. The molecule has 3 N–H and O–H groups in total. The van der Waals surface area contributed by atoms with E-state index in [4.69, 9.17) is 14.7 Å². The van der Waals surface area contributed by atoms with Crippen LogP contribution in [0.1, 0.15) is 41.6 Å². The van der Waals surface area contributed by atoms with Crippen molar-refractivity contribution < 1.29 is 14.3 Å². The standard InChI is InChI=1S/C25H31N5O3/c1-27-24(29-17-26)30-18-12-14-25(15-13-18,20-9-5-7-11-22(20)33-3)16-28-23(31)19-8-4-6-10-21(19)32-2/h4-11,18H,12-16H2,1-3H3,(H,28,31)(H2,27,29,30). The van der Waals surface area contributed by atoms with Gasteiger partial charge < -0.3 is 20.1 Å². The van der Waals surface area contributed by atoms with Crippen LogP contribution in [0.2, 0.25) is 0 Å².